The highest BCUT2D eigenvalue weighted by Crippen LogP contribution is 2.37. The average molecular weight is 434 g/mol. The molecule has 2 aliphatic heterocycles. The van der Waals surface area contributed by atoms with Crippen LogP contribution in [-0.2, 0) is 4.79 Å². The molecule has 0 radical (unpaired) electrons. The Bertz CT molecular complexity index is 707. The summed E-state index contributed by atoms with van der Waals surface area (Å²) in [5.41, 5.74) is 6.73. The minimum atomic E-state index is -0.461. The first-order valence-corrected chi connectivity index (χ1v) is 11.7. The van der Waals surface area contributed by atoms with Gasteiger partial charge in [0.25, 0.3) is 0 Å². The topological polar surface area (TPSA) is 99.8 Å². The molecule has 0 amide bonds. The fourth-order valence-corrected chi connectivity index (χ4v) is 4.20. The maximum Gasteiger partial charge on any atom is 0.320 e. The Hall–Kier alpha value is -2.13. The van der Waals surface area contributed by atoms with Crippen LogP contribution in [0.15, 0.2) is 0 Å². The van der Waals surface area contributed by atoms with E-state index < -0.39 is 6.17 Å². The molecule has 1 aromatic heterocycles. The number of carbonyl (C=O) groups is 1. The number of ether oxygens (including phenoxy) is 1. The van der Waals surface area contributed by atoms with Crippen LogP contribution < -0.4 is 20.7 Å². The van der Waals surface area contributed by atoms with Gasteiger partial charge < -0.3 is 30.5 Å². The van der Waals surface area contributed by atoms with E-state index in [2.05, 4.69) is 45.9 Å². The molecule has 3 heterocycles. The Morgan fingerprint density at radius 3 is 2.52 bits per heavy atom. The van der Waals surface area contributed by atoms with E-state index in [9.17, 15) is 4.79 Å². The predicted octanol–water partition coefficient (Wildman–Crippen LogP) is 2.05. The Morgan fingerprint density at radius 2 is 1.84 bits per heavy atom. The lowest BCUT2D eigenvalue weighted by molar-refractivity contribution is -0.108. The lowest BCUT2D eigenvalue weighted by Crippen LogP contribution is -2.47. The van der Waals surface area contributed by atoms with E-state index >= 15 is 0 Å². The number of fused-ring (bicyclic) bond motifs is 1. The fraction of sp³-hybridized carbons (Fsp3) is 0.773. The van der Waals surface area contributed by atoms with Crippen molar-refractivity contribution in [2.75, 3.05) is 68.4 Å². The molecule has 31 heavy (non-hydrogen) atoms. The van der Waals surface area contributed by atoms with Gasteiger partial charge >= 0.3 is 6.01 Å². The molecule has 2 aliphatic rings. The standard InChI is InChI=1S/C22H39N7O2/c1-4-5-14-31-22-25-20(23)19-21(26-22)29(18(16-30)24-19)9-7-6-8-27-10-12-28(13-11-27)15-17(2)3/h16-18,24H,4-15H2,1-3H3,(H2,23,25,26). The van der Waals surface area contributed by atoms with E-state index in [1.165, 1.54) is 6.54 Å². The molecule has 0 aromatic carbocycles. The molecule has 174 valence electrons. The Labute approximate surface area is 186 Å². The number of aromatic nitrogens is 2. The van der Waals surface area contributed by atoms with Crippen molar-refractivity contribution in [3.63, 3.8) is 0 Å². The van der Waals surface area contributed by atoms with Crippen LogP contribution in [0.25, 0.3) is 0 Å². The van der Waals surface area contributed by atoms with Gasteiger partial charge in [-0.25, -0.2) is 0 Å². The molecule has 0 spiro atoms. The third-order valence-electron chi connectivity index (χ3n) is 5.87. The Morgan fingerprint density at radius 1 is 1.13 bits per heavy atom. The highest BCUT2D eigenvalue weighted by atomic mass is 16.5. The van der Waals surface area contributed by atoms with Crippen molar-refractivity contribution in [1.82, 2.24) is 19.8 Å². The first kappa shape index (κ1) is 23.5. The lowest BCUT2D eigenvalue weighted by atomic mass is 10.2. The molecular formula is C22H39N7O2. The van der Waals surface area contributed by atoms with Crippen LogP contribution in [0.1, 0.15) is 46.5 Å². The third kappa shape index (κ3) is 6.43. The summed E-state index contributed by atoms with van der Waals surface area (Å²) in [5.74, 6) is 1.72. The van der Waals surface area contributed by atoms with Crippen molar-refractivity contribution in [1.29, 1.82) is 0 Å². The Kier molecular flexibility index (Phi) is 8.71. The molecule has 1 aromatic rings. The number of unbranched alkanes of at least 4 members (excludes halogenated alkanes) is 2. The van der Waals surface area contributed by atoms with E-state index in [0.29, 0.717) is 23.9 Å². The highest BCUT2D eigenvalue weighted by molar-refractivity contribution is 5.87. The number of nitrogen functional groups attached to an aromatic ring is 1. The number of aldehydes is 1. The largest absolute Gasteiger partial charge is 0.463 e. The first-order valence-electron chi connectivity index (χ1n) is 11.7. The minimum absolute atomic E-state index is 0.280. The number of hydrogen-bond acceptors (Lipinski definition) is 9. The fourth-order valence-electron chi connectivity index (χ4n) is 4.20. The number of nitrogens with zero attached hydrogens (tertiary/aromatic N) is 5. The quantitative estimate of drug-likeness (QED) is 0.379. The van der Waals surface area contributed by atoms with Gasteiger partial charge in [0.15, 0.2) is 24.1 Å². The second kappa shape index (κ2) is 11.5. The first-order chi connectivity index (χ1) is 15.0. The van der Waals surface area contributed by atoms with Crippen LogP contribution >= 0.6 is 0 Å². The summed E-state index contributed by atoms with van der Waals surface area (Å²) in [6, 6.07) is 0.280. The van der Waals surface area contributed by atoms with Crippen LogP contribution in [0, 0.1) is 5.92 Å². The van der Waals surface area contributed by atoms with Crippen molar-refractivity contribution in [3.8, 4) is 6.01 Å². The van der Waals surface area contributed by atoms with Crippen molar-refractivity contribution in [3.05, 3.63) is 0 Å². The molecule has 0 aliphatic carbocycles. The van der Waals surface area contributed by atoms with Crippen molar-refractivity contribution >= 4 is 23.6 Å². The number of carbonyl (C=O) groups excluding carboxylic acids is 1. The maximum atomic E-state index is 11.6. The zero-order valence-corrected chi connectivity index (χ0v) is 19.3. The van der Waals surface area contributed by atoms with Crippen LogP contribution in [0.2, 0.25) is 0 Å². The van der Waals surface area contributed by atoms with E-state index in [0.717, 1.165) is 77.2 Å². The molecule has 3 N–H and O–H groups in total. The van der Waals surface area contributed by atoms with Gasteiger partial charge in [-0.2, -0.15) is 9.97 Å². The molecule has 9 heteroatoms. The number of hydrogen-bond donors (Lipinski definition) is 2. The summed E-state index contributed by atoms with van der Waals surface area (Å²) in [6.07, 6.45) is 4.47. The van der Waals surface area contributed by atoms with Crippen LogP contribution in [0.3, 0.4) is 0 Å². The van der Waals surface area contributed by atoms with Gasteiger partial charge in [0, 0.05) is 39.3 Å². The van der Waals surface area contributed by atoms with Gasteiger partial charge in [-0.1, -0.05) is 27.2 Å². The molecule has 1 saturated heterocycles. The monoisotopic (exact) mass is 433 g/mol. The molecule has 1 unspecified atom stereocenters. The van der Waals surface area contributed by atoms with E-state index in [4.69, 9.17) is 10.5 Å². The van der Waals surface area contributed by atoms with Crippen LogP contribution in [-0.4, -0.2) is 84.6 Å². The number of nitrogens with two attached hydrogens (primary N) is 1. The minimum Gasteiger partial charge on any atom is -0.463 e. The lowest BCUT2D eigenvalue weighted by Gasteiger charge is -2.35. The second-order valence-electron chi connectivity index (χ2n) is 8.95. The summed E-state index contributed by atoms with van der Waals surface area (Å²) in [5, 5.41) is 3.14. The zero-order chi connectivity index (χ0) is 22.2. The zero-order valence-electron chi connectivity index (χ0n) is 19.3. The molecule has 9 nitrogen and oxygen atoms in total. The van der Waals surface area contributed by atoms with Gasteiger partial charge in [0.2, 0.25) is 0 Å². The molecule has 3 rings (SSSR count). The van der Waals surface area contributed by atoms with Crippen molar-refractivity contribution < 1.29 is 9.53 Å². The summed E-state index contributed by atoms with van der Waals surface area (Å²) in [7, 11) is 0. The van der Waals surface area contributed by atoms with E-state index in [-0.39, 0.29) is 6.01 Å². The molecule has 1 atom stereocenters. The summed E-state index contributed by atoms with van der Waals surface area (Å²) in [6.45, 7) is 14.8. The smallest absolute Gasteiger partial charge is 0.320 e. The summed E-state index contributed by atoms with van der Waals surface area (Å²) >= 11 is 0. The van der Waals surface area contributed by atoms with Crippen LogP contribution in [0.5, 0.6) is 6.01 Å². The van der Waals surface area contributed by atoms with Gasteiger partial charge in [0.05, 0.1) is 6.61 Å². The normalized spacial score (nSPS) is 19.5. The number of nitrogens with one attached hydrogen (secondary N) is 1. The number of rotatable bonds is 12. The molecular weight excluding hydrogens is 394 g/mol. The Balaban J connectivity index is 1.49. The molecule has 1 fully saturated rings. The van der Waals surface area contributed by atoms with E-state index in [1.807, 2.05) is 4.90 Å². The van der Waals surface area contributed by atoms with E-state index in [1.54, 1.807) is 0 Å². The summed E-state index contributed by atoms with van der Waals surface area (Å²) in [4.78, 5) is 27.5. The van der Waals surface area contributed by atoms with Crippen LogP contribution in [0.4, 0.5) is 17.3 Å². The van der Waals surface area contributed by atoms with Gasteiger partial charge in [-0.05, 0) is 31.7 Å². The van der Waals surface area contributed by atoms with Gasteiger partial charge in [0.1, 0.15) is 5.69 Å². The van der Waals surface area contributed by atoms with Gasteiger partial charge in [-0.15, -0.1) is 0 Å². The predicted molar refractivity (Wildman–Crippen MR) is 125 cm³/mol. The van der Waals surface area contributed by atoms with Crippen molar-refractivity contribution in [2.24, 2.45) is 5.92 Å². The second-order valence-corrected chi connectivity index (χ2v) is 8.95. The highest BCUT2D eigenvalue weighted by Gasteiger charge is 2.32. The summed E-state index contributed by atoms with van der Waals surface area (Å²) < 4.78 is 5.65. The van der Waals surface area contributed by atoms with Crippen molar-refractivity contribution in [2.45, 2.75) is 52.6 Å². The maximum absolute atomic E-state index is 11.6. The van der Waals surface area contributed by atoms with Gasteiger partial charge in [-0.3, -0.25) is 4.79 Å². The average Bonchev–Trinajstić information content (AvgIpc) is 3.10. The number of anilines is 3. The molecule has 0 bridgehead atoms. The molecule has 0 saturated carbocycles. The number of piperazine rings is 1. The third-order valence-corrected chi connectivity index (χ3v) is 5.87. The SMILES string of the molecule is CCCCOc1nc(N)c2c(n1)N(CCCCN1CCN(CC(C)C)CC1)C(C=O)N2.